The normalized spacial score (nSPS) is 32.9. The van der Waals surface area contributed by atoms with E-state index in [-0.39, 0.29) is 18.4 Å². The number of aliphatic hydroxyl groups excluding tert-OH is 1. The molecule has 5 nitrogen and oxygen atoms in total. The third-order valence-electron chi connectivity index (χ3n) is 3.59. The smallest absolute Gasteiger partial charge is 0.216 e. The number of rotatable bonds is 3. The van der Waals surface area contributed by atoms with Gasteiger partial charge in [0, 0.05) is 25.2 Å². The van der Waals surface area contributed by atoms with Crippen LogP contribution in [0.1, 0.15) is 19.8 Å². The minimum Gasteiger partial charge on any atom is -0.395 e. The zero-order valence-corrected chi connectivity index (χ0v) is 10.5. The lowest BCUT2D eigenvalue weighted by molar-refractivity contribution is 0.116. The summed E-state index contributed by atoms with van der Waals surface area (Å²) in [5.74, 6) is -0.149. The summed E-state index contributed by atoms with van der Waals surface area (Å²) in [5, 5.41) is 8.79. The van der Waals surface area contributed by atoms with Gasteiger partial charge >= 0.3 is 0 Å². The topological polar surface area (TPSA) is 60.9 Å². The largest absolute Gasteiger partial charge is 0.395 e. The minimum atomic E-state index is -3.26. The van der Waals surface area contributed by atoms with Crippen LogP contribution >= 0.6 is 0 Å². The molecule has 2 unspecified atom stereocenters. The molecular formula is C10H20N2O3S. The van der Waals surface area contributed by atoms with Gasteiger partial charge in [-0.1, -0.05) is 0 Å². The predicted molar refractivity (Wildman–Crippen MR) is 61.6 cm³/mol. The average molecular weight is 248 g/mol. The van der Waals surface area contributed by atoms with E-state index in [0.29, 0.717) is 12.6 Å². The van der Waals surface area contributed by atoms with E-state index < -0.39 is 10.0 Å². The summed E-state index contributed by atoms with van der Waals surface area (Å²) >= 11 is 0. The minimum absolute atomic E-state index is 0.0332. The summed E-state index contributed by atoms with van der Waals surface area (Å²) in [6.45, 7) is 4.19. The molecule has 0 amide bonds. The van der Waals surface area contributed by atoms with E-state index in [1.54, 1.807) is 4.31 Å². The van der Waals surface area contributed by atoms with Gasteiger partial charge in [-0.05, 0) is 26.3 Å². The highest BCUT2D eigenvalue weighted by Crippen LogP contribution is 2.26. The molecule has 94 valence electrons. The van der Waals surface area contributed by atoms with Crippen molar-refractivity contribution < 1.29 is 13.5 Å². The van der Waals surface area contributed by atoms with Crippen molar-refractivity contribution in [3.63, 3.8) is 0 Å². The molecule has 1 N–H and O–H groups in total. The molecule has 2 aliphatic rings. The summed E-state index contributed by atoms with van der Waals surface area (Å²) in [5.41, 5.74) is 0. The first-order valence-corrected chi connectivity index (χ1v) is 7.50. The third kappa shape index (κ3) is 2.25. The maximum atomic E-state index is 11.9. The molecular weight excluding hydrogens is 228 g/mol. The second-order valence-electron chi connectivity index (χ2n) is 4.75. The second kappa shape index (κ2) is 4.60. The molecule has 0 bridgehead atoms. The molecule has 16 heavy (non-hydrogen) atoms. The first-order valence-electron chi connectivity index (χ1n) is 5.89. The predicted octanol–water partition coefficient (Wildman–Crippen LogP) is -0.523. The second-order valence-corrected chi connectivity index (χ2v) is 6.79. The number of hydrogen-bond acceptors (Lipinski definition) is 4. The van der Waals surface area contributed by atoms with Crippen LogP contribution in [0, 0.1) is 0 Å². The zero-order valence-electron chi connectivity index (χ0n) is 9.67. The number of hydrogen-bond donors (Lipinski definition) is 1. The number of nitrogens with zero attached hydrogens (tertiary/aromatic N) is 2. The maximum absolute atomic E-state index is 11.9. The summed E-state index contributed by atoms with van der Waals surface area (Å²) in [4.78, 5) is 2.38. The Morgan fingerprint density at radius 3 is 2.81 bits per heavy atom. The molecule has 2 aliphatic heterocycles. The van der Waals surface area contributed by atoms with Gasteiger partial charge in [-0.3, -0.25) is 4.90 Å². The first-order chi connectivity index (χ1) is 7.54. The molecule has 0 aliphatic carbocycles. The highest BCUT2D eigenvalue weighted by Gasteiger charge is 2.39. The standard InChI is InChI=1S/C10H20N2O3S/c1-9-7-11-4-2-3-10(11)8-12(9)16(14,15)6-5-13/h9-10,13H,2-8H2,1H3. The van der Waals surface area contributed by atoms with E-state index in [4.69, 9.17) is 5.11 Å². The highest BCUT2D eigenvalue weighted by molar-refractivity contribution is 7.89. The number of aliphatic hydroxyl groups is 1. The van der Waals surface area contributed by atoms with Gasteiger partial charge in [-0.15, -0.1) is 0 Å². The molecule has 0 spiro atoms. The van der Waals surface area contributed by atoms with E-state index in [1.807, 2.05) is 6.92 Å². The van der Waals surface area contributed by atoms with Crippen molar-refractivity contribution in [2.24, 2.45) is 0 Å². The fourth-order valence-electron chi connectivity index (χ4n) is 2.78. The summed E-state index contributed by atoms with van der Waals surface area (Å²) in [7, 11) is -3.26. The van der Waals surface area contributed by atoms with Crippen molar-refractivity contribution in [2.45, 2.75) is 31.8 Å². The van der Waals surface area contributed by atoms with Crippen LogP contribution < -0.4 is 0 Å². The Bertz CT molecular complexity index is 344. The molecule has 2 atom stereocenters. The van der Waals surface area contributed by atoms with Gasteiger partial charge in [0.1, 0.15) is 0 Å². The quantitative estimate of drug-likeness (QED) is 0.730. The number of fused-ring (bicyclic) bond motifs is 1. The molecule has 0 saturated carbocycles. The fraction of sp³-hybridized carbons (Fsp3) is 1.00. The van der Waals surface area contributed by atoms with E-state index in [9.17, 15) is 8.42 Å². The monoisotopic (exact) mass is 248 g/mol. The van der Waals surface area contributed by atoms with Crippen molar-refractivity contribution in [1.29, 1.82) is 0 Å². The van der Waals surface area contributed by atoms with Crippen LogP contribution in [-0.2, 0) is 10.0 Å². The van der Waals surface area contributed by atoms with Crippen molar-refractivity contribution in [3.8, 4) is 0 Å². The van der Waals surface area contributed by atoms with Gasteiger partial charge in [-0.2, -0.15) is 4.31 Å². The molecule has 2 rings (SSSR count). The Kier molecular flexibility index (Phi) is 3.53. The van der Waals surface area contributed by atoms with Gasteiger partial charge in [0.15, 0.2) is 0 Å². The van der Waals surface area contributed by atoms with Gasteiger partial charge in [0.25, 0.3) is 0 Å². The van der Waals surface area contributed by atoms with Crippen LogP contribution in [0.4, 0.5) is 0 Å². The SMILES string of the molecule is CC1CN2CCCC2CN1S(=O)(=O)CCO. The van der Waals surface area contributed by atoms with E-state index in [1.165, 1.54) is 6.42 Å². The lowest BCUT2D eigenvalue weighted by Gasteiger charge is -2.41. The first kappa shape index (κ1) is 12.3. The number of piperazine rings is 1. The molecule has 6 heteroatoms. The highest BCUT2D eigenvalue weighted by atomic mass is 32.2. The Morgan fingerprint density at radius 1 is 1.38 bits per heavy atom. The number of sulfonamides is 1. The van der Waals surface area contributed by atoms with Crippen molar-refractivity contribution in [3.05, 3.63) is 0 Å². The van der Waals surface area contributed by atoms with Crippen LogP contribution in [0.15, 0.2) is 0 Å². The van der Waals surface area contributed by atoms with Gasteiger partial charge in [0.2, 0.25) is 10.0 Å². The van der Waals surface area contributed by atoms with Gasteiger partial charge < -0.3 is 5.11 Å². The zero-order chi connectivity index (χ0) is 11.8. The Morgan fingerprint density at radius 2 is 2.12 bits per heavy atom. The average Bonchev–Trinajstić information content (AvgIpc) is 2.63. The molecule has 0 aromatic heterocycles. The van der Waals surface area contributed by atoms with Crippen molar-refractivity contribution >= 4 is 10.0 Å². The van der Waals surface area contributed by atoms with Crippen LogP contribution in [0.3, 0.4) is 0 Å². The Labute approximate surface area is 97.1 Å². The van der Waals surface area contributed by atoms with Crippen LogP contribution in [0.2, 0.25) is 0 Å². The molecule has 2 fully saturated rings. The summed E-state index contributed by atoms with van der Waals surface area (Å²) < 4.78 is 25.4. The molecule has 0 aromatic rings. The van der Waals surface area contributed by atoms with Crippen LogP contribution in [-0.4, -0.2) is 66.8 Å². The van der Waals surface area contributed by atoms with Gasteiger partial charge in [0.05, 0.1) is 12.4 Å². The van der Waals surface area contributed by atoms with Crippen molar-refractivity contribution in [2.75, 3.05) is 32.0 Å². The molecule has 2 saturated heterocycles. The third-order valence-corrected chi connectivity index (χ3v) is 5.51. The van der Waals surface area contributed by atoms with Crippen LogP contribution in [0.25, 0.3) is 0 Å². The van der Waals surface area contributed by atoms with Crippen LogP contribution in [0.5, 0.6) is 0 Å². The van der Waals surface area contributed by atoms with Gasteiger partial charge in [-0.25, -0.2) is 8.42 Å². The van der Waals surface area contributed by atoms with E-state index in [0.717, 1.165) is 19.5 Å². The molecule has 0 aromatic carbocycles. The van der Waals surface area contributed by atoms with Crippen molar-refractivity contribution in [1.82, 2.24) is 9.21 Å². The summed E-state index contributed by atoms with van der Waals surface area (Å²) in [6, 6.07) is 0.426. The molecule has 2 heterocycles. The maximum Gasteiger partial charge on any atom is 0.216 e. The van der Waals surface area contributed by atoms with E-state index >= 15 is 0 Å². The Balaban J connectivity index is 2.10. The lowest BCUT2D eigenvalue weighted by Crippen LogP contribution is -2.57. The summed E-state index contributed by atoms with van der Waals surface area (Å²) in [6.07, 6.45) is 2.27. The van der Waals surface area contributed by atoms with E-state index in [2.05, 4.69) is 4.90 Å². The lowest BCUT2D eigenvalue weighted by atomic mass is 10.1. The fourth-order valence-corrected chi connectivity index (χ4v) is 4.26. The Hall–Kier alpha value is -0.170. The molecule has 0 radical (unpaired) electrons.